The Balaban J connectivity index is 1.88. The van der Waals surface area contributed by atoms with E-state index in [1.165, 1.54) is 12.1 Å². The molecule has 8 heteroatoms. The summed E-state index contributed by atoms with van der Waals surface area (Å²) >= 11 is 0. The Morgan fingerprint density at radius 1 is 1.11 bits per heavy atom. The maximum absolute atomic E-state index is 14.6. The highest BCUT2D eigenvalue weighted by atomic mass is 35.7. The van der Waals surface area contributed by atoms with E-state index in [4.69, 9.17) is 15.4 Å². The van der Waals surface area contributed by atoms with Crippen molar-refractivity contribution in [2.24, 2.45) is 0 Å². The molecule has 4 rings (SSSR count). The Labute approximate surface area is 160 Å². The lowest BCUT2D eigenvalue weighted by Gasteiger charge is -2.34. The van der Waals surface area contributed by atoms with Crippen LogP contribution in [-0.4, -0.2) is 31.6 Å². The lowest BCUT2D eigenvalue weighted by atomic mass is 9.90. The molecule has 5 nitrogen and oxygen atoms in total. The summed E-state index contributed by atoms with van der Waals surface area (Å²) in [6.07, 6.45) is 0. The normalized spacial score (nSPS) is 16.3. The first-order valence-corrected chi connectivity index (χ1v) is 10.6. The number of halogens is 2. The van der Waals surface area contributed by atoms with Gasteiger partial charge in [-0.15, -0.1) is 0 Å². The van der Waals surface area contributed by atoms with Gasteiger partial charge in [-0.1, -0.05) is 18.2 Å². The average molecular weight is 407 g/mol. The van der Waals surface area contributed by atoms with E-state index in [2.05, 4.69) is 9.97 Å². The molecule has 0 unspecified atom stereocenters. The zero-order valence-corrected chi connectivity index (χ0v) is 16.2. The van der Waals surface area contributed by atoms with Crippen molar-refractivity contribution in [3.05, 3.63) is 53.3 Å². The summed E-state index contributed by atoms with van der Waals surface area (Å²) in [5.74, 6) is 0.499. The molecule has 140 valence electrons. The van der Waals surface area contributed by atoms with Gasteiger partial charge in [0, 0.05) is 21.6 Å². The maximum atomic E-state index is 14.6. The number of nitrogens with zero attached hydrogens (tertiary/aromatic N) is 2. The van der Waals surface area contributed by atoms with Gasteiger partial charge in [-0.05, 0) is 43.2 Å². The Kier molecular flexibility index (Phi) is 4.21. The van der Waals surface area contributed by atoms with Crippen LogP contribution in [0.15, 0.2) is 41.3 Å². The Morgan fingerprint density at radius 2 is 1.85 bits per heavy atom. The minimum atomic E-state index is -3.85. The lowest BCUT2D eigenvalue weighted by molar-refractivity contribution is -0.135. The third kappa shape index (κ3) is 3.20. The van der Waals surface area contributed by atoms with Crippen molar-refractivity contribution in [3.8, 4) is 11.3 Å². The van der Waals surface area contributed by atoms with Crippen LogP contribution >= 0.6 is 10.7 Å². The number of fused-ring (bicyclic) bond motifs is 1. The topological polar surface area (TPSA) is 69.2 Å². The molecule has 0 bridgehead atoms. The van der Waals surface area contributed by atoms with Crippen molar-refractivity contribution in [2.75, 3.05) is 13.2 Å². The summed E-state index contributed by atoms with van der Waals surface area (Å²) in [4.78, 5) is 8.86. The predicted molar refractivity (Wildman–Crippen MR) is 101 cm³/mol. The summed E-state index contributed by atoms with van der Waals surface area (Å²) in [5, 5.41) is 0.697. The van der Waals surface area contributed by atoms with Crippen molar-refractivity contribution in [3.63, 3.8) is 0 Å². The Hall–Kier alpha value is -2.09. The first kappa shape index (κ1) is 18.3. The van der Waals surface area contributed by atoms with Crippen LogP contribution in [0.2, 0.25) is 0 Å². The number of aryl methyl sites for hydroxylation is 2. The molecular weight excluding hydrogens is 391 g/mol. The minimum absolute atomic E-state index is 0.0165. The Bertz CT molecular complexity index is 1180. The summed E-state index contributed by atoms with van der Waals surface area (Å²) in [5.41, 5.74) is 2.00. The first-order chi connectivity index (χ1) is 12.7. The SMILES string of the molecule is Cc1nc(-c2ccc(C3(F)COC3)cc2C)c2ccc(S(=O)(=O)Cl)cc2n1. The van der Waals surface area contributed by atoms with Gasteiger partial charge in [0.15, 0.2) is 5.67 Å². The van der Waals surface area contributed by atoms with Crippen LogP contribution in [0, 0.1) is 13.8 Å². The molecule has 0 spiro atoms. The number of hydrogen-bond donors (Lipinski definition) is 0. The van der Waals surface area contributed by atoms with E-state index in [-0.39, 0.29) is 18.1 Å². The van der Waals surface area contributed by atoms with E-state index >= 15 is 0 Å². The minimum Gasteiger partial charge on any atom is -0.374 e. The quantitative estimate of drug-likeness (QED) is 0.614. The summed E-state index contributed by atoms with van der Waals surface area (Å²) in [6, 6.07) is 9.88. The summed E-state index contributed by atoms with van der Waals surface area (Å²) in [6.45, 7) is 3.76. The second-order valence-corrected chi connectivity index (χ2v) is 9.29. The molecule has 1 aliphatic heterocycles. The fourth-order valence-corrected chi connectivity index (χ4v) is 4.01. The fraction of sp³-hybridized carbons (Fsp3) is 0.263. The van der Waals surface area contributed by atoms with Gasteiger partial charge in [0.2, 0.25) is 0 Å². The molecule has 27 heavy (non-hydrogen) atoms. The lowest BCUT2D eigenvalue weighted by Crippen LogP contribution is -2.42. The highest BCUT2D eigenvalue weighted by Crippen LogP contribution is 2.37. The van der Waals surface area contributed by atoms with E-state index in [1.807, 2.05) is 13.0 Å². The molecular formula is C19H16ClFN2O3S. The van der Waals surface area contributed by atoms with E-state index in [0.717, 1.165) is 11.1 Å². The van der Waals surface area contributed by atoms with Crippen LogP contribution < -0.4 is 0 Å². The van der Waals surface area contributed by atoms with E-state index in [0.29, 0.717) is 28.0 Å². The first-order valence-electron chi connectivity index (χ1n) is 8.29. The zero-order chi connectivity index (χ0) is 19.4. The second-order valence-electron chi connectivity index (χ2n) is 6.72. The number of ether oxygens (including phenoxy) is 1. The molecule has 1 aromatic heterocycles. The highest BCUT2D eigenvalue weighted by Gasteiger charge is 2.40. The third-order valence-corrected chi connectivity index (χ3v) is 6.07. The fourth-order valence-electron chi connectivity index (χ4n) is 3.24. The molecule has 0 radical (unpaired) electrons. The van der Waals surface area contributed by atoms with Crippen molar-refractivity contribution in [1.82, 2.24) is 9.97 Å². The van der Waals surface area contributed by atoms with Crippen molar-refractivity contribution in [1.29, 1.82) is 0 Å². The predicted octanol–water partition coefficient (Wildman–Crippen LogP) is 4.04. The van der Waals surface area contributed by atoms with Crippen LogP contribution in [-0.2, 0) is 19.5 Å². The standard InChI is InChI=1S/C19H16ClFN2O3S/c1-11-7-13(19(21)9-26-10-19)3-5-15(11)18-16-6-4-14(27(20,24)25)8-17(16)22-12(2)23-18/h3-8H,9-10H2,1-2H3. The molecule has 2 heterocycles. The van der Waals surface area contributed by atoms with Crippen LogP contribution in [0.25, 0.3) is 22.2 Å². The van der Waals surface area contributed by atoms with Gasteiger partial charge in [0.1, 0.15) is 5.82 Å². The van der Waals surface area contributed by atoms with E-state index in [9.17, 15) is 12.8 Å². The molecule has 0 atom stereocenters. The van der Waals surface area contributed by atoms with Gasteiger partial charge >= 0.3 is 0 Å². The molecule has 0 amide bonds. The molecule has 1 saturated heterocycles. The second kappa shape index (κ2) is 6.22. The van der Waals surface area contributed by atoms with Gasteiger partial charge in [0.25, 0.3) is 9.05 Å². The van der Waals surface area contributed by atoms with E-state index < -0.39 is 14.7 Å². The molecule has 0 N–H and O–H groups in total. The number of hydrogen-bond acceptors (Lipinski definition) is 5. The molecule has 1 fully saturated rings. The molecule has 2 aromatic carbocycles. The van der Waals surface area contributed by atoms with Crippen LogP contribution in [0.5, 0.6) is 0 Å². The third-order valence-electron chi connectivity index (χ3n) is 4.72. The van der Waals surface area contributed by atoms with E-state index in [1.54, 1.807) is 25.1 Å². The molecule has 0 aliphatic carbocycles. The van der Waals surface area contributed by atoms with Gasteiger partial charge in [-0.2, -0.15) is 0 Å². The number of benzene rings is 2. The Morgan fingerprint density at radius 3 is 2.44 bits per heavy atom. The van der Waals surface area contributed by atoms with Crippen LogP contribution in [0.3, 0.4) is 0 Å². The summed E-state index contributed by atoms with van der Waals surface area (Å²) in [7, 11) is 1.59. The number of aromatic nitrogens is 2. The molecule has 0 saturated carbocycles. The zero-order valence-electron chi connectivity index (χ0n) is 14.7. The van der Waals surface area contributed by atoms with Gasteiger partial charge in [0.05, 0.1) is 29.3 Å². The number of alkyl halides is 1. The molecule has 3 aromatic rings. The van der Waals surface area contributed by atoms with Crippen molar-refractivity contribution < 1.29 is 17.5 Å². The van der Waals surface area contributed by atoms with Crippen LogP contribution in [0.1, 0.15) is 17.0 Å². The van der Waals surface area contributed by atoms with Crippen molar-refractivity contribution >= 4 is 30.6 Å². The highest BCUT2D eigenvalue weighted by molar-refractivity contribution is 8.13. The maximum Gasteiger partial charge on any atom is 0.261 e. The van der Waals surface area contributed by atoms with Gasteiger partial charge in [-0.25, -0.2) is 22.8 Å². The molecule has 1 aliphatic rings. The van der Waals surface area contributed by atoms with Crippen LogP contribution in [0.4, 0.5) is 4.39 Å². The van der Waals surface area contributed by atoms with Crippen molar-refractivity contribution in [2.45, 2.75) is 24.4 Å². The van der Waals surface area contributed by atoms with Gasteiger partial charge < -0.3 is 4.74 Å². The number of rotatable bonds is 3. The largest absolute Gasteiger partial charge is 0.374 e. The smallest absolute Gasteiger partial charge is 0.261 e. The van der Waals surface area contributed by atoms with Gasteiger partial charge in [-0.3, -0.25) is 0 Å². The average Bonchev–Trinajstić information content (AvgIpc) is 2.57. The summed E-state index contributed by atoms with van der Waals surface area (Å²) < 4.78 is 42.8. The monoisotopic (exact) mass is 406 g/mol.